The molecule has 1 atom stereocenters. The van der Waals surface area contributed by atoms with E-state index in [2.05, 4.69) is 34.0 Å². The van der Waals surface area contributed by atoms with Crippen molar-refractivity contribution in [1.29, 1.82) is 0 Å². The van der Waals surface area contributed by atoms with Crippen LogP contribution in [0.25, 0.3) is 11.0 Å². The van der Waals surface area contributed by atoms with Crippen molar-refractivity contribution in [3.05, 3.63) is 40.6 Å². The maximum atomic E-state index is 6.16. The molecule has 2 heterocycles. The number of nitrogen functional groups attached to an aromatic ring is 1. The molecule has 2 N–H and O–H groups in total. The molecular formula is C15H17N3OS. The molecule has 1 aromatic carbocycles. The molecule has 0 radical (unpaired) electrons. The second-order valence-electron chi connectivity index (χ2n) is 4.61. The van der Waals surface area contributed by atoms with Gasteiger partial charge in [0, 0.05) is 4.88 Å². The van der Waals surface area contributed by atoms with E-state index in [9.17, 15) is 0 Å². The lowest BCUT2D eigenvalue weighted by atomic mass is 10.1. The number of benzene rings is 1. The van der Waals surface area contributed by atoms with Crippen LogP contribution in [0.4, 0.5) is 5.95 Å². The molecule has 0 saturated heterocycles. The average molecular weight is 287 g/mol. The third-order valence-electron chi connectivity index (χ3n) is 3.50. The van der Waals surface area contributed by atoms with Crippen LogP contribution in [-0.2, 0) is 0 Å². The third kappa shape index (κ3) is 1.94. The molecular weight excluding hydrogens is 270 g/mol. The number of ether oxygens (including phenoxy) is 1. The summed E-state index contributed by atoms with van der Waals surface area (Å²) in [5.74, 6) is 1.29. The minimum Gasteiger partial charge on any atom is -0.494 e. The quantitative estimate of drug-likeness (QED) is 0.796. The number of fused-ring (bicyclic) bond motifs is 1. The van der Waals surface area contributed by atoms with Gasteiger partial charge in [-0.15, -0.1) is 11.3 Å². The van der Waals surface area contributed by atoms with Gasteiger partial charge in [-0.1, -0.05) is 19.1 Å². The summed E-state index contributed by atoms with van der Waals surface area (Å²) >= 11 is 1.75. The van der Waals surface area contributed by atoms with Crippen LogP contribution >= 0.6 is 11.3 Å². The Balaban J connectivity index is 2.23. The van der Waals surface area contributed by atoms with E-state index in [4.69, 9.17) is 10.5 Å². The molecule has 0 saturated carbocycles. The van der Waals surface area contributed by atoms with Crippen molar-refractivity contribution in [2.45, 2.75) is 19.4 Å². The summed E-state index contributed by atoms with van der Waals surface area (Å²) in [5, 5.41) is 2.09. The molecule has 0 aliphatic carbocycles. The number of anilines is 1. The summed E-state index contributed by atoms with van der Waals surface area (Å²) in [6, 6.07) is 10.3. The van der Waals surface area contributed by atoms with Gasteiger partial charge in [0.15, 0.2) is 0 Å². The molecule has 20 heavy (non-hydrogen) atoms. The molecule has 5 heteroatoms. The number of rotatable bonds is 4. The Hall–Kier alpha value is -2.01. The van der Waals surface area contributed by atoms with E-state index in [1.165, 1.54) is 4.88 Å². The number of aromatic nitrogens is 2. The fourth-order valence-corrected chi connectivity index (χ4v) is 3.49. The minimum atomic E-state index is 0.215. The Bertz CT molecular complexity index is 718. The summed E-state index contributed by atoms with van der Waals surface area (Å²) in [6.45, 7) is 2.16. The predicted molar refractivity (Wildman–Crippen MR) is 83.4 cm³/mol. The minimum absolute atomic E-state index is 0.215. The van der Waals surface area contributed by atoms with Gasteiger partial charge in [-0.3, -0.25) is 0 Å². The zero-order valence-corrected chi connectivity index (χ0v) is 12.4. The fraction of sp³-hybridized carbons (Fsp3) is 0.267. The van der Waals surface area contributed by atoms with Crippen LogP contribution in [0.15, 0.2) is 35.7 Å². The molecule has 4 nitrogen and oxygen atoms in total. The van der Waals surface area contributed by atoms with Crippen molar-refractivity contribution in [1.82, 2.24) is 9.55 Å². The first kappa shape index (κ1) is 13.0. The monoisotopic (exact) mass is 287 g/mol. The zero-order chi connectivity index (χ0) is 14.1. The van der Waals surface area contributed by atoms with E-state index in [0.717, 1.165) is 23.2 Å². The van der Waals surface area contributed by atoms with Gasteiger partial charge in [-0.2, -0.15) is 0 Å². The highest BCUT2D eigenvalue weighted by molar-refractivity contribution is 7.10. The van der Waals surface area contributed by atoms with Crippen LogP contribution in [0, 0.1) is 0 Å². The number of para-hydroxylation sites is 1. The van der Waals surface area contributed by atoms with Gasteiger partial charge in [-0.25, -0.2) is 4.98 Å². The zero-order valence-electron chi connectivity index (χ0n) is 11.5. The number of imidazole rings is 1. The number of methoxy groups -OCH3 is 1. The lowest BCUT2D eigenvalue weighted by molar-refractivity contribution is 0.419. The molecule has 0 spiro atoms. The lowest BCUT2D eigenvalue weighted by Crippen LogP contribution is -2.11. The summed E-state index contributed by atoms with van der Waals surface area (Å²) in [7, 11) is 1.65. The first-order valence-electron chi connectivity index (χ1n) is 6.60. The van der Waals surface area contributed by atoms with Gasteiger partial charge in [0.1, 0.15) is 11.3 Å². The molecule has 0 aliphatic heterocycles. The largest absolute Gasteiger partial charge is 0.494 e. The van der Waals surface area contributed by atoms with Crippen molar-refractivity contribution in [3.63, 3.8) is 0 Å². The number of nitrogens with zero attached hydrogens (tertiary/aromatic N) is 2. The molecule has 0 fully saturated rings. The normalized spacial score (nSPS) is 12.7. The molecule has 0 aliphatic rings. The van der Waals surface area contributed by atoms with Gasteiger partial charge >= 0.3 is 0 Å². The van der Waals surface area contributed by atoms with E-state index < -0.39 is 0 Å². The molecule has 3 aromatic rings. The van der Waals surface area contributed by atoms with Gasteiger partial charge in [0.2, 0.25) is 5.95 Å². The van der Waals surface area contributed by atoms with Crippen molar-refractivity contribution in [3.8, 4) is 5.75 Å². The van der Waals surface area contributed by atoms with Crippen LogP contribution < -0.4 is 10.5 Å². The van der Waals surface area contributed by atoms with Crippen LogP contribution in [0.2, 0.25) is 0 Å². The summed E-state index contributed by atoms with van der Waals surface area (Å²) in [5.41, 5.74) is 8.00. The highest BCUT2D eigenvalue weighted by atomic mass is 32.1. The smallest absolute Gasteiger partial charge is 0.201 e. The van der Waals surface area contributed by atoms with Crippen LogP contribution in [0.1, 0.15) is 24.3 Å². The Morgan fingerprint density at radius 2 is 2.20 bits per heavy atom. The summed E-state index contributed by atoms with van der Waals surface area (Å²) in [6.07, 6.45) is 0.966. The SMILES string of the molecule is CCC(c1cccs1)n1c(N)nc2c(OC)cccc21. The molecule has 0 amide bonds. The van der Waals surface area contributed by atoms with Gasteiger partial charge in [-0.05, 0) is 30.0 Å². The standard InChI is InChI=1S/C15H17N3OS/c1-3-10(13-8-5-9-20-13)18-11-6-4-7-12(19-2)14(11)17-15(18)16/h4-10H,3H2,1-2H3,(H2,16,17). The topological polar surface area (TPSA) is 53.1 Å². The van der Waals surface area contributed by atoms with Crippen molar-refractivity contribution in [2.75, 3.05) is 12.8 Å². The highest BCUT2D eigenvalue weighted by Gasteiger charge is 2.20. The lowest BCUT2D eigenvalue weighted by Gasteiger charge is -2.17. The fourth-order valence-electron chi connectivity index (χ4n) is 2.59. The number of hydrogen-bond donors (Lipinski definition) is 1. The maximum Gasteiger partial charge on any atom is 0.201 e. The molecule has 3 rings (SSSR count). The first-order chi connectivity index (χ1) is 9.76. The van der Waals surface area contributed by atoms with E-state index in [1.807, 2.05) is 18.2 Å². The van der Waals surface area contributed by atoms with E-state index in [0.29, 0.717) is 5.95 Å². The van der Waals surface area contributed by atoms with Crippen molar-refractivity contribution in [2.24, 2.45) is 0 Å². The molecule has 0 bridgehead atoms. The van der Waals surface area contributed by atoms with Crippen molar-refractivity contribution >= 4 is 28.3 Å². The van der Waals surface area contributed by atoms with Gasteiger partial charge < -0.3 is 15.0 Å². The molecule has 1 unspecified atom stereocenters. The Morgan fingerprint density at radius 1 is 1.35 bits per heavy atom. The Kier molecular flexibility index (Phi) is 3.36. The number of hydrogen-bond acceptors (Lipinski definition) is 4. The Labute approximate surface area is 121 Å². The average Bonchev–Trinajstić information content (AvgIpc) is 3.08. The highest BCUT2D eigenvalue weighted by Crippen LogP contribution is 2.34. The van der Waals surface area contributed by atoms with E-state index in [-0.39, 0.29) is 6.04 Å². The van der Waals surface area contributed by atoms with Gasteiger partial charge in [0.05, 0.1) is 18.7 Å². The van der Waals surface area contributed by atoms with Crippen LogP contribution in [0.3, 0.4) is 0 Å². The van der Waals surface area contributed by atoms with Crippen molar-refractivity contribution < 1.29 is 4.74 Å². The summed E-state index contributed by atoms with van der Waals surface area (Å²) in [4.78, 5) is 5.78. The molecule has 2 aromatic heterocycles. The number of nitrogens with two attached hydrogens (primary N) is 1. The first-order valence-corrected chi connectivity index (χ1v) is 7.48. The molecule has 104 valence electrons. The van der Waals surface area contributed by atoms with Gasteiger partial charge in [0.25, 0.3) is 0 Å². The third-order valence-corrected chi connectivity index (χ3v) is 4.47. The van der Waals surface area contributed by atoms with E-state index >= 15 is 0 Å². The Morgan fingerprint density at radius 3 is 2.85 bits per heavy atom. The second-order valence-corrected chi connectivity index (χ2v) is 5.59. The maximum absolute atomic E-state index is 6.16. The number of thiophene rings is 1. The van der Waals surface area contributed by atoms with E-state index in [1.54, 1.807) is 18.4 Å². The second kappa shape index (κ2) is 5.17. The predicted octanol–water partition coefficient (Wildman–Crippen LogP) is 3.69. The van der Waals surface area contributed by atoms with Crippen LogP contribution in [-0.4, -0.2) is 16.7 Å². The van der Waals surface area contributed by atoms with Crippen LogP contribution in [0.5, 0.6) is 5.75 Å². The summed E-state index contributed by atoms with van der Waals surface area (Å²) < 4.78 is 7.47.